The second-order valence-electron chi connectivity index (χ2n) is 4.09. The standard InChI is InChI=1S/C12H11F3N2O/c1-7-4-3-5-9(6-7)17-11(18)8(2)10(16-17)12(13,14)15/h3-6,16H,1-2H3. The maximum Gasteiger partial charge on any atom is 0.433 e. The Balaban J connectivity index is 2.64. The topological polar surface area (TPSA) is 37.8 Å². The van der Waals surface area contributed by atoms with Gasteiger partial charge in [-0.3, -0.25) is 9.89 Å². The number of aromatic nitrogens is 2. The summed E-state index contributed by atoms with van der Waals surface area (Å²) in [7, 11) is 0. The molecule has 0 aliphatic rings. The lowest BCUT2D eigenvalue weighted by Crippen LogP contribution is -2.15. The fraction of sp³-hybridized carbons (Fsp3) is 0.250. The highest BCUT2D eigenvalue weighted by Gasteiger charge is 2.36. The van der Waals surface area contributed by atoms with E-state index in [9.17, 15) is 18.0 Å². The maximum atomic E-state index is 12.7. The number of hydrogen-bond donors (Lipinski definition) is 1. The molecule has 1 N–H and O–H groups in total. The molecule has 2 rings (SSSR count). The largest absolute Gasteiger partial charge is 0.433 e. The number of halogens is 3. The van der Waals surface area contributed by atoms with E-state index < -0.39 is 17.4 Å². The van der Waals surface area contributed by atoms with Crippen molar-refractivity contribution < 1.29 is 13.2 Å². The van der Waals surface area contributed by atoms with Crippen molar-refractivity contribution in [2.45, 2.75) is 20.0 Å². The van der Waals surface area contributed by atoms with Crippen LogP contribution in [0.4, 0.5) is 13.2 Å². The molecule has 0 amide bonds. The van der Waals surface area contributed by atoms with Crippen LogP contribution in [0, 0.1) is 13.8 Å². The third-order valence-corrected chi connectivity index (χ3v) is 2.67. The van der Waals surface area contributed by atoms with Gasteiger partial charge in [0, 0.05) is 5.56 Å². The maximum absolute atomic E-state index is 12.7. The van der Waals surface area contributed by atoms with Crippen molar-refractivity contribution in [3.8, 4) is 5.69 Å². The summed E-state index contributed by atoms with van der Waals surface area (Å²) in [6.07, 6.45) is -4.56. The molecular weight excluding hydrogens is 245 g/mol. The molecule has 0 atom stereocenters. The van der Waals surface area contributed by atoms with E-state index >= 15 is 0 Å². The van der Waals surface area contributed by atoms with Crippen LogP contribution in [0.15, 0.2) is 29.1 Å². The van der Waals surface area contributed by atoms with Gasteiger partial charge >= 0.3 is 6.18 Å². The van der Waals surface area contributed by atoms with Crippen LogP contribution in [-0.2, 0) is 6.18 Å². The van der Waals surface area contributed by atoms with Crippen molar-refractivity contribution >= 4 is 0 Å². The molecule has 3 nitrogen and oxygen atoms in total. The number of nitrogens with one attached hydrogen (secondary N) is 1. The molecule has 1 aromatic heterocycles. The predicted octanol–water partition coefficient (Wildman–Crippen LogP) is 2.80. The molecule has 0 unspecified atom stereocenters. The van der Waals surface area contributed by atoms with Crippen molar-refractivity contribution in [2.24, 2.45) is 0 Å². The summed E-state index contributed by atoms with van der Waals surface area (Å²) in [5, 5.41) is 2.11. The summed E-state index contributed by atoms with van der Waals surface area (Å²) in [6, 6.07) is 6.69. The second kappa shape index (κ2) is 4.04. The lowest BCUT2D eigenvalue weighted by Gasteiger charge is -2.05. The van der Waals surface area contributed by atoms with E-state index in [1.54, 1.807) is 31.2 Å². The highest BCUT2D eigenvalue weighted by Crippen LogP contribution is 2.29. The first kappa shape index (κ1) is 12.5. The first-order valence-corrected chi connectivity index (χ1v) is 5.26. The fourth-order valence-corrected chi connectivity index (χ4v) is 1.75. The highest BCUT2D eigenvalue weighted by molar-refractivity contribution is 5.36. The van der Waals surface area contributed by atoms with Gasteiger partial charge in [-0.15, -0.1) is 0 Å². The molecule has 96 valence electrons. The zero-order chi connectivity index (χ0) is 13.5. The summed E-state index contributed by atoms with van der Waals surface area (Å²) in [5.41, 5.74) is -0.773. The molecule has 6 heteroatoms. The first-order valence-electron chi connectivity index (χ1n) is 5.26. The van der Waals surface area contributed by atoms with Crippen LogP contribution in [0.3, 0.4) is 0 Å². The van der Waals surface area contributed by atoms with Crippen LogP contribution >= 0.6 is 0 Å². The van der Waals surface area contributed by atoms with Crippen molar-refractivity contribution in [3.63, 3.8) is 0 Å². The van der Waals surface area contributed by atoms with Gasteiger partial charge in [0.15, 0.2) is 0 Å². The number of H-pyrrole nitrogens is 1. The van der Waals surface area contributed by atoms with E-state index in [0.717, 1.165) is 17.2 Å². The van der Waals surface area contributed by atoms with E-state index in [0.29, 0.717) is 5.69 Å². The van der Waals surface area contributed by atoms with Gasteiger partial charge in [-0.1, -0.05) is 12.1 Å². The Morgan fingerprint density at radius 3 is 2.39 bits per heavy atom. The fourth-order valence-electron chi connectivity index (χ4n) is 1.75. The highest BCUT2D eigenvalue weighted by atomic mass is 19.4. The predicted molar refractivity (Wildman–Crippen MR) is 60.9 cm³/mol. The van der Waals surface area contributed by atoms with Crippen molar-refractivity contribution in [2.75, 3.05) is 0 Å². The van der Waals surface area contributed by atoms with Crippen LogP contribution in [0.2, 0.25) is 0 Å². The van der Waals surface area contributed by atoms with Crippen LogP contribution < -0.4 is 5.56 Å². The van der Waals surface area contributed by atoms with Gasteiger partial charge in [-0.2, -0.15) is 13.2 Å². The molecule has 1 aromatic carbocycles. The van der Waals surface area contributed by atoms with Crippen molar-refractivity contribution in [1.82, 2.24) is 9.78 Å². The molecule has 0 radical (unpaired) electrons. The van der Waals surface area contributed by atoms with Gasteiger partial charge in [0.05, 0.1) is 5.69 Å². The molecule has 0 saturated carbocycles. The van der Waals surface area contributed by atoms with Crippen molar-refractivity contribution in [3.05, 3.63) is 51.4 Å². The molecule has 0 fully saturated rings. The SMILES string of the molecule is Cc1cccc(-n2[nH]c(C(F)(F)F)c(C)c2=O)c1. The normalized spacial score (nSPS) is 11.8. The van der Waals surface area contributed by atoms with Crippen molar-refractivity contribution in [1.29, 1.82) is 0 Å². The van der Waals surface area contributed by atoms with Gasteiger partial charge < -0.3 is 0 Å². The van der Waals surface area contributed by atoms with Crippen LogP contribution in [0.5, 0.6) is 0 Å². The summed E-state index contributed by atoms with van der Waals surface area (Å²) < 4.78 is 38.9. The summed E-state index contributed by atoms with van der Waals surface area (Å²) in [6.45, 7) is 2.96. The van der Waals surface area contributed by atoms with Gasteiger partial charge in [-0.05, 0) is 31.5 Å². The molecule has 1 heterocycles. The van der Waals surface area contributed by atoms with E-state index in [2.05, 4.69) is 5.10 Å². The molecule has 2 aromatic rings. The third kappa shape index (κ3) is 2.05. The minimum atomic E-state index is -4.56. The lowest BCUT2D eigenvalue weighted by molar-refractivity contribution is -0.141. The number of aromatic amines is 1. The van der Waals surface area contributed by atoms with Gasteiger partial charge in [0.2, 0.25) is 0 Å². The number of alkyl halides is 3. The third-order valence-electron chi connectivity index (χ3n) is 2.67. The molecule has 0 aliphatic carbocycles. The van der Waals surface area contributed by atoms with E-state index in [-0.39, 0.29) is 5.56 Å². The molecule has 0 aliphatic heterocycles. The number of nitrogens with zero attached hydrogens (tertiary/aromatic N) is 1. The average Bonchev–Trinajstić information content (AvgIpc) is 2.55. The summed E-state index contributed by atoms with van der Waals surface area (Å²) in [4.78, 5) is 11.8. The van der Waals surface area contributed by atoms with E-state index in [4.69, 9.17) is 0 Å². The Morgan fingerprint density at radius 1 is 1.22 bits per heavy atom. The van der Waals surface area contributed by atoms with Gasteiger partial charge in [0.25, 0.3) is 5.56 Å². The number of hydrogen-bond acceptors (Lipinski definition) is 1. The average molecular weight is 256 g/mol. The summed E-state index contributed by atoms with van der Waals surface area (Å²) >= 11 is 0. The molecule has 0 bridgehead atoms. The number of benzene rings is 1. The zero-order valence-electron chi connectivity index (χ0n) is 9.80. The monoisotopic (exact) mass is 256 g/mol. The molecule has 0 saturated heterocycles. The molecule has 0 spiro atoms. The van der Waals surface area contributed by atoms with Crippen LogP contribution in [0.1, 0.15) is 16.8 Å². The number of aryl methyl sites for hydroxylation is 1. The lowest BCUT2D eigenvalue weighted by atomic mass is 10.2. The Kier molecular flexibility index (Phi) is 2.80. The Labute approximate surface area is 101 Å². The quantitative estimate of drug-likeness (QED) is 0.837. The minimum absolute atomic E-state index is 0.330. The Morgan fingerprint density at radius 2 is 1.89 bits per heavy atom. The van der Waals surface area contributed by atoms with Crippen LogP contribution in [-0.4, -0.2) is 9.78 Å². The minimum Gasteiger partial charge on any atom is -0.286 e. The summed E-state index contributed by atoms with van der Waals surface area (Å²) in [5.74, 6) is 0. The zero-order valence-corrected chi connectivity index (χ0v) is 9.80. The smallest absolute Gasteiger partial charge is 0.286 e. The Hall–Kier alpha value is -1.98. The Bertz CT molecular complexity index is 638. The number of rotatable bonds is 1. The van der Waals surface area contributed by atoms with Crippen LogP contribution in [0.25, 0.3) is 5.69 Å². The van der Waals surface area contributed by atoms with Gasteiger partial charge in [-0.25, -0.2) is 4.68 Å². The first-order chi connectivity index (χ1) is 8.30. The molecular formula is C12H11F3N2O. The van der Waals surface area contributed by atoms with E-state index in [1.165, 1.54) is 0 Å². The van der Waals surface area contributed by atoms with Gasteiger partial charge in [0.1, 0.15) is 5.69 Å². The molecule has 18 heavy (non-hydrogen) atoms. The van der Waals surface area contributed by atoms with E-state index in [1.807, 2.05) is 0 Å². The second-order valence-corrected chi connectivity index (χ2v) is 4.09.